The molecule has 0 saturated heterocycles. The molecule has 0 aromatic heterocycles. The number of hydrogen-bond acceptors (Lipinski definition) is 4. The zero-order valence-electron chi connectivity index (χ0n) is 10.3. The molecule has 0 saturated carbocycles. The van der Waals surface area contributed by atoms with Gasteiger partial charge >= 0.3 is 0 Å². The van der Waals surface area contributed by atoms with E-state index in [0.717, 1.165) is 13.0 Å². The van der Waals surface area contributed by atoms with Crippen molar-refractivity contribution in [2.45, 2.75) is 26.3 Å². The maximum atomic E-state index is 11.4. The number of carbonyl (C=O) groups excluding carboxylic acids is 1. The van der Waals surface area contributed by atoms with Gasteiger partial charge in [0.2, 0.25) is 0 Å². The van der Waals surface area contributed by atoms with Gasteiger partial charge in [-0.05, 0) is 13.3 Å². The number of methoxy groups -OCH3 is 2. The van der Waals surface area contributed by atoms with Crippen molar-refractivity contribution in [1.29, 1.82) is 0 Å². The van der Waals surface area contributed by atoms with Crippen molar-refractivity contribution >= 4 is 5.78 Å². The number of hydrogen-bond donors (Lipinski definition) is 0. The van der Waals surface area contributed by atoms with Gasteiger partial charge < -0.3 is 9.47 Å². The molecule has 90 valence electrons. The summed E-state index contributed by atoms with van der Waals surface area (Å²) in [5.41, 5.74) is 0. The van der Waals surface area contributed by atoms with Crippen molar-refractivity contribution in [1.82, 2.24) is 4.90 Å². The lowest BCUT2D eigenvalue weighted by Gasteiger charge is -2.27. The van der Waals surface area contributed by atoms with E-state index in [1.807, 2.05) is 0 Å². The molecule has 0 radical (unpaired) electrons. The molecular weight excluding hydrogens is 194 g/mol. The minimum atomic E-state index is 0.119. The van der Waals surface area contributed by atoms with E-state index in [1.165, 1.54) is 0 Å². The molecule has 0 fully saturated rings. The molecule has 0 amide bonds. The van der Waals surface area contributed by atoms with Gasteiger partial charge in [0.25, 0.3) is 0 Å². The summed E-state index contributed by atoms with van der Waals surface area (Å²) in [6.45, 7) is 6.33. The highest BCUT2D eigenvalue weighted by Crippen LogP contribution is 2.03. The quantitative estimate of drug-likeness (QED) is 0.576. The van der Waals surface area contributed by atoms with Crippen LogP contribution >= 0.6 is 0 Å². The highest BCUT2D eigenvalue weighted by molar-refractivity contribution is 5.81. The molecule has 1 unspecified atom stereocenters. The Hall–Kier alpha value is -0.450. The molecule has 0 aliphatic carbocycles. The van der Waals surface area contributed by atoms with E-state index in [1.54, 1.807) is 14.2 Å². The van der Waals surface area contributed by atoms with Crippen LogP contribution in [-0.2, 0) is 14.3 Å². The van der Waals surface area contributed by atoms with Gasteiger partial charge in [-0.3, -0.25) is 9.69 Å². The second-order valence-electron chi connectivity index (χ2n) is 3.69. The van der Waals surface area contributed by atoms with E-state index in [0.29, 0.717) is 19.2 Å². The lowest BCUT2D eigenvalue weighted by Crippen LogP contribution is -2.40. The highest BCUT2D eigenvalue weighted by Gasteiger charge is 2.15. The Bertz CT molecular complexity index is 173. The van der Waals surface area contributed by atoms with E-state index >= 15 is 0 Å². The molecule has 0 bridgehead atoms. The van der Waals surface area contributed by atoms with Crippen molar-refractivity contribution in [3.05, 3.63) is 0 Å². The van der Waals surface area contributed by atoms with Crippen LogP contribution in [0.1, 0.15) is 20.3 Å². The van der Waals surface area contributed by atoms with Gasteiger partial charge in [-0.25, -0.2) is 0 Å². The average molecular weight is 217 g/mol. The Morgan fingerprint density at radius 1 is 1.33 bits per heavy atom. The molecule has 4 nitrogen and oxygen atoms in total. The zero-order valence-corrected chi connectivity index (χ0v) is 10.3. The van der Waals surface area contributed by atoms with Crippen LogP contribution in [0.3, 0.4) is 0 Å². The first-order valence-electron chi connectivity index (χ1n) is 5.39. The first-order valence-corrected chi connectivity index (χ1v) is 5.39. The maximum Gasteiger partial charge on any atom is 0.172 e. The van der Waals surface area contributed by atoms with Gasteiger partial charge in [0.05, 0.1) is 13.2 Å². The van der Waals surface area contributed by atoms with Gasteiger partial charge in [0.1, 0.15) is 6.61 Å². The van der Waals surface area contributed by atoms with Crippen LogP contribution in [0.4, 0.5) is 0 Å². The summed E-state index contributed by atoms with van der Waals surface area (Å²) < 4.78 is 9.84. The number of ether oxygens (including phenoxy) is 2. The second kappa shape index (κ2) is 8.83. The van der Waals surface area contributed by atoms with Crippen LogP contribution in [0.25, 0.3) is 0 Å². The van der Waals surface area contributed by atoms with E-state index in [4.69, 9.17) is 9.47 Å². The van der Waals surface area contributed by atoms with Gasteiger partial charge in [-0.1, -0.05) is 6.92 Å². The Labute approximate surface area is 92.5 Å². The fourth-order valence-electron chi connectivity index (χ4n) is 1.36. The number of ketones is 1. The molecule has 0 spiro atoms. The second-order valence-corrected chi connectivity index (χ2v) is 3.69. The normalized spacial score (nSPS) is 13.1. The van der Waals surface area contributed by atoms with Gasteiger partial charge in [0.15, 0.2) is 5.78 Å². The smallest absolute Gasteiger partial charge is 0.172 e. The summed E-state index contributed by atoms with van der Waals surface area (Å²) in [5.74, 6) is 0.119. The van der Waals surface area contributed by atoms with Crippen molar-refractivity contribution in [3.63, 3.8) is 0 Å². The van der Waals surface area contributed by atoms with Crippen molar-refractivity contribution in [3.8, 4) is 0 Å². The monoisotopic (exact) mass is 217 g/mol. The number of rotatable bonds is 9. The summed E-state index contributed by atoms with van der Waals surface area (Å²) in [6, 6.07) is 0.404. The molecule has 0 aromatic carbocycles. The number of nitrogens with zero attached hydrogens (tertiary/aromatic N) is 1. The molecule has 0 aliphatic rings. The molecule has 1 atom stereocenters. The molecular formula is C11H23NO3. The minimum absolute atomic E-state index is 0.119. The van der Waals surface area contributed by atoms with Gasteiger partial charge in [0, 0.05) is 26.8 Å². The Balaban J connectivity index is 4.04. The molecule has 0 heterocycles. The largest absolute Gasteiger partial charge is 0.383 e. The maximum absolute atomic E-state index is 11.4. The van der Waals surface area contributed by atoms with Crippen LogP contribution in [0.2, 0.25) is 0 Å². The topological polar surface area (TPSA) is 38.8 Å². The third-order valence-corrected chi connectivity index (χ3v) is 2.48. The van der Waals surface area contributed by atoms with Crippen LogP contribution in [0.15, 0.2) is 0 Å². The van der Waals surface area contributed by atoms with E-state index in [9.17, 15) is 4.79 Å². The van der Waals surface area contributed by atoms with Crippen molar-refractivity contribution < 1.29 is 14.3 Å². The summed E-state index contributed by atoms with van der Waals surface area (Å²) in [7, 11) is 3.21. The van der Waals surface area contributed by atoms with Gasteiger partial charge in [-0.15, -0.1) is 0 Å². The van der Waals surface area contributed by atoms with Crippen LogP contribution in [0.5, 0.6) is 0 Å². The van der Waals surface area contributed by atoms with E-state index < -0.39 is 0 Å². The van der Waals surface area contributed by atoms with Crippen LogP contribution < -0.4 is 0 Å². The Morgan fingerprint density at radius 2 is 2.00 bits per heavy atom. The highest BCUT2D eigenvalue weighted by atomic mass is 16.5. The standard InChI is InChI=1S/C11H23NO3/c1-5-10(2)12(6-7-14-3)8-11(13)9-15-4/h10H,5-9H2,1-4H3. The molecule has 0 aromatic rings. The Kier molecular flexibility index (Phi) is 8.56. The van der Waals surface area contributed by atoms with Crippen LogP contribution in [-0.4, -0.2) is 57.2 Å². The summed E-state index contributed by atoms with van der Waals surface area (Å²) in [4.78, 5) is 13.6. The van der Waals surface area contributed by atoms with Crippen molar-refractivity contribution in [2.75, 3.05) is 40.5 Å². The lowest BCUT2D eigenvalue weighted by atomic mass is 10.2. The summed E-state index contributed by atoms with van der Waals surface area (Å²) in [5, 5.41) is 0. The van der Waals surface area contributed by atoms with Crippen LogP contribution in [0, 0.1) is 0 Å². The fourth-order valence-corrected chi connectivity index (χ4v) is 1.36. The Morgan fingerprint density at radius 3 is 2.47 bits per heavy atom. The summed E-state index contributed by atoms with van der Waals surface area (Å²) >= 11 is 0. The third kappa shape index (κ3) is 6.60. The number of Topliss-reactive ketones (excluding diaryl/α,β-unsaturated/α-hetero) is 1. The fraction of sp³-hybridized carbons (Fsp3) is 0.909. The SMILES string of the molecule is CCC(C)N(CCOC)CC(=O)COC. The average Bonchev–Trinajstić information content (AvgIpc) is 2.23. The molecule has 4 heteroatoms. The van der Waals surface area contributed by atoms with E-state index in [-0.39, 0.29) is 12.4 Å². The van der Waals surface area contributed by atoms with Crippen molar-refractivity contribution in [2.24, 2.45) is 0 Å². The molecule has 0 rings (SSSR count). The lowest BCUT2D eigenvalue weighted by molar-refractivity contribution is -0.124. The summed E-state index contributed by atoms with van der Waals surface area (Å²) in [6.07, 6.45) is 1.03. The molecule has 0 N–H and O–H groups in total. The minimum Gasteiger partial charge on any atom is -0.383 e. The van der Waals surface area contributed by atoms with Gasteiger partial charge in [-0.2, -0.15) is 0 Å². The number of carbonyl (C=O) groups is 1. The molecule has 0 aliphatic heterocycles. The first kappa shape index (κ1) is 14.6. The first-order chi connectivity index (χ1) is 7.15. The predicted molar refractivity (Wildman–Crippen MR) is 60.1 cm³/mol. The van der Waals surface area contributed by atoms with E-state index in [2.05, 4.69) is 18.7 Å². The third-order valence-electron chi connectivity index (χ3n) is 2.48. The molecule has 15 heavy (non-hydrogen) atoms. The predicted octanol–water partition coefficient (Wildman–Crippen LogP) is 0.949. The zero-order chi connectivity index (χ0) is 11.7.